The average molecular weight is 301 g/mol. The van der Waals surface area contributed by atoms with Crippen LogP contribution in [-0.4, -0.2) is 15.5 Å². The molecule has 2 rings (SSSR count). The summed E-state index contributed by atoms with van der Waals surface area (Å²) in [4.78, 5) is 37.2. The number of rotatable bonds is 3. The number of thiophene rings is 1. The van der Waals surface area contributed by atoms with E-state index in [4.69, 9.17) is 17.4 Å². The van der Waals surface area contributed by atoms with Gasteiger partial charge in [-0.1, -0.05) is 11.6 Å². The molecule has 4 N–H and O–H groups in total. The first-order valence-corrected chi connectivity index (χ1v) is 6.29. The minimum absolute atomic E-state index is 0.0731. The highest BCUT2D eigenvalue weighted by Crippen LogP contribution is 2.17. The summed E-state index contributed by atoms with van der Waals surface area (Å²) in [7, 11) is 0. The van der Waals surface area contributed by atoms with Gasteiger partial charge in [0, 0.05) is 11.1 Å². The molecule has 0 bridgehead atoms. The number of nitrogens with one attached hydrogen (secondary N) is 2. The van der Waals surface area contributed by atoms with Gasteiger partial charge in [-0.15, -0.1) is 11.3 Å². The zero-order valence-corrected chi connectivity index (χ0v) is 11.0. The molecule has 0 atom stereocenters. The van der Waals surface area contributed by atoms with E-state index < -0.39 is 17.2 Å². The molecule has 2 aromatic rings. The first kappa shape index (κ1) is 13.5. The fraction of sp³-hybridized carbons (Fsp3) is 0.100. The molecular weight excluding hydrogens is 292 g/mol. The van der Waals surface area contributed by atoms with E-state index in [1.165, 1.54) is 22.1 Å². The molecule has 0 spiro atoms. The molecule has 0 aliphatic heterocycles. The molecule has 0 unspecified atom stereocenters. The third-order valence-electron chi connectivity index (χ3n) is 2.31. The minimum Gasteiger partial charge on any atom is -0.294 e. The molecule has 100 valence electrons. The second kappa shape index (κ2) is 5.39. The van der Waals surface area contributed by atoms with Gasteiger partial charge in [-0.3, -0.25) is 24.6 Å². The standard InChI is InChI=1S/C10H9ClN4O3S/c11-6-4-15(10(18)13-8(6)16)3-5-1-2-7(19-5)9(17)14-12/h1-2,4H,3,12H2,(H,14,17)(H,13,16,18). The van der Waals surface area contributed by atoms with E-state index in [1.54, 1.807) is 12.1 Å². The van der Waals surface area contributed by atoms with Gasteiger partial charge in [0.25, 0.3) is 11.5 Å². The lowest BCUT2D eigenvalue weighted by molar-refractivity contribution is 0.0957. The molecule has 1 amide bonds. The molecule has 0 saturated heterocycles. The van der Waals surface area contributed by atoms with Crippen molar-refractivity contribution in [2.24, 2.45) is 5.84 Å². The van der Waals surface area contributed by atoms with Crippen molar-refractivity contribution < 1.29 is 4.79 Å². The lowest BCUT2D eigenvalue weighted by Gasteiger charge is -2.02. The summed E-state index contributed by atoms with van der Waals surface area (Å²) < 4.78 is 1.25. The summed E-state index contributed by atoms with van der Waals surface area (Å²) in [6.45, 7) is 0.206. The van der Waals surface area contributed by atoms with Crippen LogP contribution in [0.25, 0.3) is 0 Å². The summed E-state index contributed by atoms with van der Waals surface area (Å²) in [6.07, 6.45) is 1.26. The SMILES string of the molecule is NNC(=O)c1ccc(Cn2cc(Cl)c(=O)[nH]c2=O)s1. The number of halogens is 1. The smallest absolute Gasteiger partial charge is 0.294 e. The first-order valence-electron chi connectivity index (χ1n) is 5.10. The highest BCUT2D eigenvalue weighted by molar-refractivity contribution is 7.14. The maximum absolute atomic E-state index is 11.5. The van der Waals surface area contributed by atoms with E-state index in [0.29, 0.717) is 4.88 Å². The average Bonchev–Trinajstić information content (AvgIpc) is 2.83. The number of hydrogen-bond acceptors (Lipinski definition) is 5. The molecule has 19 heavy (non-hydrogen) atoms. The van der Waals surface area contributed by atoms with Crippen molar-refractivity contribution in [3.05, 3.63) is 53.9 Å². The lowest BCUT2D eigenvalue weighted by atomic mass is 10.4. The second-order valence-corrected chi connectivity index (χ2v) is 5.18. The van der Waals surface area contributed by atoms with Crippen LogP contribution in [0.3, 0.4) is 0 Å². The van der Waals surface area contributed by atoms with E-state index in [9.17, 15) is 14.4 Å². The van der Waals surface area contributed by atoms with Gasteiger partial charge >= 0.3 is 5.69 Å². The topological polar surface area (TPSA) is 110 Å². The maximum Gasteiger partial charge on any atom is 0.328 e. The fourth-order valence-electron chi connectivity index (χ4n) is 1.42. The van der Waals surface area contributed by atoms with Crippen LogP contribution in [0, 0.1) is 0 Å². The van der Waals surface area contributed by atoms with Crippen molar-refractivity contribution in [2.45, 2.75) is 6.54 Å². The number of nitrogens with two attached hydrogens (primary N) is 1. The Morgan fingerprint density at radius 2 is 2.21 bits per heavy atom. The van der Waals surface area contributed by atoms with Crippen LogP contribution in [0.1, 0.15) is 14.5 Å². The monoisotopic (exact) mass is 300 g/mol. The summed E-state index contributed by atoms with van der Waals surface area (Å²) in [5.41, 5.74) is 0.831. The van der Waals surface area contributed by atoms with Crippen molar-refractivity contribution in [1.29, 1.82) is 0 Å². The number of aromatic amines is 1. The Labute approximate surface area is 115 Å². The lowest BCUT2D eigenvalue weighted by Crippen LogP contribution is -2.29. The van der Waals surface area contributed by atoms with Crippen LogP contribution >= 0.6 is 22.9 Å². The van der Waals surface area contributed by atoms with Crippen molar-refractivity contribution in [3.8, 4) is 0 Å². The number of carbonyl (C=O) groups excluding carboxylic acids is 1. The first-order chi connectivity index (χ1) is 9.01. The van der Waals surface area contributed by atoms with E-state index in [1.807, 2.05) is 5.43 Å². The van der Waals surface area contributed by atoms with Crippen molar-refractivity contribution >= 4 is 28.8 Å². The van der Waals surface area contributed by atoms with Gasteiger partial charge < -0.3 is 0 Å². The molecule has 0 radical (unpaired) electrons. The zero-order valence-electron chi connectivity index (χ0n) is 9.47. The molecular formula is C10H9ClN4O3S. The number of aromatic nitrogens is 2. The Morgan fingerprint density at radius 3 is 2.89 bits per heavy atom. The van der Waals surface area contributed by atoms with Crippen molar-refractivity contribution in [2.75, 3.05) is 0 Å². The van der Waals surface area contributed by atoms with Gasteiger partial charge in [-0.25, -0.2) is 10.6 Å². The second-order valence-electron chi connectivity index (χ2n) is 3.60. The van der Waals surface area contributed by atoms with Crippen molar-refractivity contribution in [3.63, 3.8) is 0 Å². The quantitative estimate of drug-likeness (QED) is 0.418. The Morgan fingerprint density at radius 1 is 1.47 bits per heavy atom. The minimum atomic E-state index is -0.628. The van der Waals surface area contributed by atoms with Crippen LogP contribution < -0.4 is 22.5 Å². The molecule has 0 aliphatic rings. The maximum atomic E-state index is 11.5. The van der Waals surface area contributed by atoms with E-state index in [0.717, 1.165) is 4.88 Å². The van der Waals surface area contributed by atoms with E-state index in [-0.39, 0.29) is 11.6 Å². The van der Waals surface area contributed by atoms with E-state index >= 15 is 0 Å². The van der Waals surface area contributed by atoms with Crippen LogP contribution in [0.2, 0.25) is 5.02 Å². The number of hydrazine groups is 1. The van der Waals surface area contributed by atoms with Gasteiger partial charge in [-0.2, -0.15) is 0 Å². The predicted octanol–water partition coefficient (Wildman–Crippen LogP) is -0.0967. The normalized spacial score (nSPS) is 10.4. The van der Waals surface area contributed by atoms with Gasteiger partial charge in [0.1, 0.15) is 5.02 Å². The third-order valence-corrected chi connectivity index (χ3v) is 3.65. The molecule has 2 heterocycles. The summed E-state index contributed by atoms with van der Waals surface area (Å²) in [6, 6.07) is 3.29. The van der Waals surface area contributed by atoms with Crippen LogP contribution in [-0.2, 0) is 6.54 Å². The summed E-state index contributed by atoms with van der Waals surface area (Å²) in [5.74, 6) is 4.62. The molecule has 0 aliphatic carbocycles. The highest BCUT2D eigenvalue weighted by Gasteiger charge is 2.09. The van der Waals surface area contributed by atoms with Gasteiger partial charge in [0.05, 0.1) is 11.4 Å². The number of amides is 1. The van der Waals surface area contributed by atoms with Crippen molar-refractivity contribution in [1.82, 2.24) is 15.0 Å². The van der Waals surface area contributed by atoms with Gasteiger partial charge in [-0.05, 0) is 12.1 Å². The molecule has 0 saturated carbocycles. The molecule has 2 aromatic heterocycles. The largest absolute Gasteiger partial charge is 0.328 e. The Kier molecular flexibility index (Phi) is 3.84. The Bertz CT molecular complexity index is 733. The summed E-state index contributed by atoms with van der Waals surface area (Å²) in [5, 5.41) is -0.0731. The van der Waals surface area contributed by atoms with Crippen LogP contribution in [0.15, 0.2) is 27.9 Å². The Hall–Kier alpha value is -1.90. The molecule has 0 aromatic carbocycles. The number of nitrogens with zero attached hydrogens (tertiary/aromatic N) is 1. The Balaban J connectivity index is 2.29. The fourth-order valence-corrected chi connectivity index (χ4v) is 2.50. The number of carbonyl (C=O) groups is 1. The molecule has 7 nitrogen and oxygen atoms in total. The van der Waals surface area contributed by atoms with Crippen LogP contribution in [0.4, 0.5) is 0 Å². The van der Waals surface area contributed by atoms with Gasteiger partial charge in [0.15, 0.2) is 0 Å². The molecule has 0 fully saturated rings. The summed E-state index contributed by atoms with van der Waals surface area (Å²) >= 11 is 6.84. The predicted molar refractivity (Wildman–Crippen MR) is 71.4 cm³/mol. The number of nitrogen functional groups attached to an aromatic ring is 1. The van der Waals surface area contributed by atoms with Gasteiger partial charge in [0.2, 0.25) is 0 Å². The third kappa shape index (κ3) is 2.92. The molecule has 9 heteroatoms. The number of H-pyrrole nitrogens is 1. The van der Waals surface area contributed by atoms with E-state index in [2.05, 4.69) is 4.98 Å². The van der Waals surface area contributed by atoms with Crippen LogP contribution in [0.5, 0.6) is 0 Å². The zero-order chi connectivity index (χ0) is 14.0. The number of hydrogen-bond donors (Lipinski definition) is 3. The highest BCUT2D eigenvalue weighted by atomic mass is 35.5.